The normalized spacial score (nSPS) is 11.1. The maximum absolute atomic E-state index is 5.98. The van der Waals surface area contributed by atoms with Crippen molar-refractivity contribution in [1.82, 2.24) is 0 Å². The predicted molar refractivity (Wildman–Crippen MR) is 155 cm³/mol. The van der Waals surface area contributed by atoms with E-state index in [1.807, 2.05) is 11.8 Å². The average Bonchev–Trinajstić information content (AvgIpc) is 2.90. The summed E-state index contributed by atoms with van der Waals surface area (Å²) in [7, 11) is 1.78. The van der Waals surface area contributed by atoms with Gasteiger partial charge in [-0.05, 0) is 95.5 Å². The lowest BCUT2D eigenvalue weighted by molar-refractivity contribution is 0.405. The molecular weight excluding hydrogens is 456 g/mol. The Balaban J connectivity index is 1.69. The second kappa shape index (κ2) is 10.6. The van der Waals surface area contributed by atoms with Crippen molar-refractivity contribution in [2.45, 2.75) is 43.4 Å². The van der Waals surface area contributed by atoms with Crippen LogP contribution in [0.4, 0.5) is 0 Å². The molecule has 0 aromatic heterocycles. The molecule has 5 rings (SSSR count). The molecule has 0 saturated heterocycles. The Bertz CT molecular complexity index is 1480. The zero-order valence-electron chi connectivity index (χ0n) is 21.5. The Labute approximate surface area is 219 Å². The van der Waals surface area contributed by atoms with Crippen molar-refractivity contribution in [1.29, 1.82) is 0 Å². The van der Waals surface area contributed by atoms with Gasteiger partial charge in [0.05, 0.1) is 12.0 Å². The van der Waals surface area contributed by atoms with Crippen molar-refractivity contribution in [3.63, 3.8) is 0 Å². The van der Waals surface area contributed by atoms with Crippen LogP contribution >= 0.6 is 11.8 Å². The highest BCUT2D eigenvalue weighted by Crippen LogP contribution is 2.44. The first kappa shape index (κ1) is 24.2. The number of hydrogen-bond acceptors (Lipinski definition) is 2. The molecular formula is C34H32OS. The third-order valence-corrected chi connectivity index (χ3v) is 8.30. The summed E-state index contributed by atoms with van der Waals surface area (Å²) in [4.78, 5) is 2.45. The van der Waals surface area contributed by atoms with Gasteiger partial charge in [0.2, 0.25) is 0 Å². The van der Waals surface area contributed by atoms with Gasteiger partial charge in [0.1, 0.15) is 5.75 Å². The number of hydrogen-bond donors (Lipinski definition) is 0. The lowest BCUT2D eigenvalue weighted by atomic mass is 9.89. The Morgan fingerprint density at radius 2 is 1.31 bits per heavy atom. The number of fused-ring (bicyclic) bond motifs is 1. The van der Waals surface area contributed by atoms with Gasteiger partial charge in [0, 0.05) is 4.90 Å². The van der Waals surface area contributed by atoms with Gasteiger partial charge in [0.25, 0.3) is 0 Å². The van der Waals surface area contributed by atoms with Crippen molar-refractivity contribution in [3.8, 4) is 16.9 Å². The van der Waals surface area contributed by atoms with Crippen LogP contribution in [0.5, 0.6) is 5.75 Å². The van der Waals surface area contributed by atoms with Crippen LogP contribution in [0, 0.1) is 20.8 Å². The summed E-state index contributed by atoms with van der Waals surface area (Å²) in [5.41, 5.74) is 9.18. The monoisotopic (exact) mass is 488 g/mol. The van der Waals surface area contributed by atoms with Gasteiger partial charge in [-0.25, -0.2) is 0 Å². The standard InChI is InChI=1S/C34H32OS/c1-23-12-11-13-24(2)34(23)36-32-22-30-29(21-31(32)35-4)28(19-18-26-14-7-5-8-15-26)20-25(3)33(30)27-16-9-6-10-17-27/h5-17,20-22H,18-19H2,1-4H3. The molecule has 0 bridgehead atoms. The molecule has 0 radical (unpaired) electrons. The molecule has 5 aromatic rings. The fourth-order valence-corrected chi connectivity index (χ4v) is 6.18. The van der Waals surface area contributed by atoms with E-state index >= 15 is 0 Å². The first-order chi connectivity index (χ1) is 17.5. The van der Waals surface area contributed by atoms with Crippen LogP contribution in [0.15, 0.2) is 107 Å². The van der Waals surface area contributed by atoms with Crippen LogP contribution in [0.1, 0.15) is 27.8 Å². The molecule has 0 saturated carbocycles. The van der Waals surface area contributed by atoms with Crippen LogP contribution in [0.25, 0.3) is 21.9 Å². The number of rotatable bonds is 7. The first-order valence-electron chi connectivity index (χ1n) is 12.5. The summed E-state index contributed by atoms with van der Waals surface area (Å²) in [5, 5.41) is 2.57. The fourth-order valence-electron chi connectivity index (χ4n) is 5.08. The molecule has 0 unspecified atom stereocenters. The van der Waals surface area contributed by atoms with Crippen molar-refractivity contribution >= 4 is 22.5 Å². The SMILES string of the molecule is COc1cc2c(CCc3ccccc3)cc(C)c(-c3ccccc3)c2cc1Sc1c(C)cccc1C. The van der Waals surface area contributed by atoms with E-state index in [9.17, 15) is 0 Å². The third-order valence-electron chi connectivity index (χ3n) is 6.91. The molecule has 0 heterocycles. The maximum atomic E-state index is 5.98. The van der Waals surface area contributed by atoms with E-state index < -0.39 is 0 Å². The molecule has 0 atom stereocenters. The van der Waals surface area contributed by atoms with E-state index in [0.717, 1.165) is 23.5 Å². The molecule has 0 amide bonds. The van der Waals surface area contributed by atoms with Gasteiger partial charge in [-0.1, -0.05) is 96.7 Å². The minimum atomic E-state index is 0.930. The predicted octanol–water partition coefficient (Wildman–Crippen LogP) is 9.38. The molecule has 0 fully saturated rings. The topological polar surface area (TPSA) is 9.23 Å². The molecule has 0 aliphatic carbocycles. The molecule has 0 spiro atoms. The molecule has 5 aromatic carbocycles. The molecule has 36 heavy (non-hydrogen) atoms. The van der Waals surface area contributed by atoms with Crippen molar-refractivity contribution < 1.29 is 4.74 Å². The highest BCUT2D eigenvalue weighted by atomic mass is 32.2. The minimum Gasteiger partial charge on any atom is -0.496 e. The second-order valence-electron chi connectivity index (χ2n) is 9.45. The summed E-state index contributed by atoms with van der Waals surface area (Å²) in [5.74, 6) is 0.930. The Hall–Kier alpha value is -3.49. The van der Waals surface area contributed by atoms with Crippen LogP contribution in [-0.2, 0) is 12.8 Å². The first-order valence-corrected chi connectivity index (χ1v) is 13.3. The number of aryl methyl sites for hydroxylation is 5. The van der Waals surface area contributed by atoms with Gasteiger partial charge in [-0.3, -0.25) is 0 Å². The molecule has 0 N–H and O–H groups in total. The van der Waals surface area contributed by atoms with Crippen LogP contribution in [0.2, 0.25) is 0 Å². The largest absolute Gasteiger partial charge is 0.496 e. The van der Waals surface area contributed by atoms with E-state index in [4.69, 9.17) is 4.74 Å². The zero-order chi connectivity index (χ0) is 25.1. The highest BCUT2D eigenvalue weighted by Gasteiger charge is 2.17. The number of ether oxygens (including phenoxy) is 1. The lowest BCUT2D eigenvalue weighted by Crippen LogP contribution is -1.98. The quantitative estimate of drug-likeness (QED) is 0.226. The zero-order valence-corrected chi connectivity index (χ0v) is 22.3. The van der Waals surface area contributed by atoms with Crippen LogP contribution < -0.4 is 4.74 Å². The van der Waals surface area contributed by atoms with E-state index in [0.29, 0.717) is 0 Å². The summed E-state index contributed by atoms with van der Waals surface area (Å²) in [6.07, 6.45) is 2.00. The third kappa shape index (κ3) is 4.92. The molecule has 0 aliphatic rings. The maximum Gasteiger partial charge on any atom is 0.133 e. The number of benzene rings is 5. The second-order valence-corrected chi connectivity index (χ2v) is 10.5. The van der Waals surface area contributed by atoms with Crippen LogP contribution in [0.3, 0.4) is 0 Å². The fraction of sp³-hybridized carbons (Fsp3) is 0.176. The van der Waals surface area contributed by atoms with E-state index in [1.165, 1.54) is 54.6 Å². The van der Waals surface area contributed by atoms with Crippen molar-refractivity contribution in [3.05, 3.63) is 125 Å². The number of methoxy groups -OCH3 is 1. The Morgan fingerprint density at radius 1 is 0.639 bits per heavy atom. The van der Waals surface area contributed by atoms with E-state index in [-0.39, 0.29) is 0 Å². The van der Waals surface area contributed by atoms with Gasteiger partial charge in [-0.2, -0.15) is 0 Å². The molecule has 0 aliphatic heterocycles. The summed E-state index contributed by atoms with van der Waals surface area (Å²) >= 11 is 1.81. The van der Waals surface area contributed by atoms with E-state index in [2.05, 4.69) is 118 Å². The smallest absolute Gasteiger partial charge is 0.133 e. The Kier molecular flexibility index (Phi) is 7.16. The van der Waals surface area contributed by atoms with Crippen LogP contribution in [-0.4, -0.2) is 7.11 Å². The van der Waals surface area contributed by atoms with Crippen molar-refractivity contribution in [2.75, 3.05) is 7.11 Å². The van der Waals surface area contributed by atoms with Gasteiger partial charge in [-0.15, -0.1) is 0 Å². The molecule has 2 heteroatoms. The highest BCUT2D eigenvalue weighted by molar-refractivity contribution is 7.99. The minimum absolute atomic E-state index is 0.930. The average molecular weight is 489 g/mol. The molecule has 180 valence electrons. The van der Waals surface area contributed by atoms with Gasteiger partial charge in [0.15, 0.2) is 0 Å². The summed E-state index contributed by atoms with van der Waals surface area (Å²) < 4.78 is 5.98. The summed E-state index contributed by atoms with van der Waals surface area (Å²) in [6, 6.07) is 35.0. The molecule has 1 nitrogen and oxygen atoms in total. The van der Waals surface area contributed by atoms with Gasteiger partial charge < -0.3 is 4.74 Å². The van der Waals surface area contributed by atoms with Gasteiger partial charge >= 0.3 is 0 Å². The summed E-state index contributed by atoms with van der Waals surface area (Å²) in [6.45, 7) is 6.62. The Morgan fingerprint density at radius 3 is 1.97 bits per heavy atom. The van der Waals surface area contributed by atoms with E-state index in [1.54, 1.807) is 7.11 Å². The lowest BCUT2D eigenvalue weighted by Gasteiger charge is -2.19. The van der Waals surface area contributed by atoms with Crippen molar-refractivity contribution in [2.24, 2.45) is 0 Å².